The smallest absolute Gasteiger partial charge is 0.123 e. The number of phenols is 1. The average Bonchev–Trinajstić information content (AvgIpc) is 2.58. The predicted molar refractivity (Wildman–Crippen MR) is 96.9 cm³/mol. The fourth-order valence-electron chi connectivity index (χ4n) is 5.86. The molecule has 4 aliphatic carbocycles. The molecule has 2 aromatic rings. The fourth-order valence-corrected chi connectivity index (χ4v) is 5.86. The van der Waals surface area contributed by atoms with Gasteiger partial charge < -0.3 is 9.84 Å². The standard InChI is InChI=1S/C22H24O2/c1-24-22-12-15-7-16(13-22)10-18(9-15)20(22)11-14-5-6-19-17(8-14)3-2-4-21(19)23/h2-6,8,11,15-16,18,23H,7,9-10,12-13H2,1H3. The third-order valence-electron chi connectivity index (χ3n) is 6.70. The monoisotopic (exact) mass is 320 g/mol. The van der Waals surface area contributed by atoms with E-state index in [4.69, 9.17) is 4.74 Å². The summed E-state index contributed by atoms with van der Waals surface area (Å²) in [6.45, 7) is 0. The lowest BCUT2D eigenvalue weighted by atomic mass is 9.52. The Labute approximate surface area is 143 Å². The highest BCUT2D eigenvalue weighted by Gasteiger charge is 2.54. The first-order valence-electron chi connectivity index (χ1n) is 9.16. The van der Waals surface area contributed by atoms with Crippen LogP contribution in [0, 0.1) is 17.8 Å². The second-order valence-corrected chi connectivity index (χ2v) is 8.10. The van der Waals surface area contributed by atoms with E-state index < -0.39 is 0 Å². The molecule has 2 atom stereocenters. The van der Waals surface area contributed by atoms with Crippen molar-refractivity contribution < 1.29 is 9.84 Å². The summed E-state index contributed by atoms with van der Waals surface area (Å²) in [6, 6.07) is 12.1. The summed E-state index contributed by atoms with van der Waals surface area (Å²) >= 11 is 0. The molecule has 2 unspecified atom stereocenters. The fraction of sp³-hybridized carbons (Fsp3) is 0.455. The molecule has 2 heteroatoms. The van der Waals surface area contributed by atoms with Crippen LogP contribution in [-0.4, -0.2) is 17.8 Å². The highest BCUT2D eigenvalue weighted by molar-refractivity contribution is 5.89. The molecule has 0 saturated heterocycles. The van der Waals surface area contributed by atoms with E-state index in [1.54, 1.807) is 6.07 Å². The first kappa shape index (κ1) is 14.5. The van der Waals surface area contributed by atoms with Crippen LogP contribution in [0.25, 0.3) is 16.8 Å². The molecular formula is C22H24O2. The van der Waals surface area contributed by atoms with Gasteiger partial charge in [0.05, 0.1) is 5.60 Å². The number of aromatic hydroxyl groups is 1. The minimum Gasteiger partial charge on any atom is -0.507 e. The molecule has 0 spiro atoms. The summed E-state index contributed by atoms with van der Waals surface area (Å²) in [7, 11) is 1.90. The Morgan fingerprint density at radius 3 is 2.62 bits per heavy atom. The van der Waals surface area contributed by atoms with Gasteiger partial charge in [-0.2, -0.15) is 0 Å². The molecule has 4 bridgehead atoms. The SMILES string of the molecule is COC12CC3CC(CC(C3)C1=Cc1ccc3c(O)cccc3c1)C2. The van der Waals surface area contributed by atoms with Crippen molar-refractivity contribution in [2.24, 2.45) is 17.8 Å². The maximum absolute atomic E-state index is 9.99. The summed E-state index contributed by atoms with van der Waals surface area (Å²) in [5.41, 5.74) is 2.74. The molecule has 2 nitrogen and oxygen atoms in total. The largest absolute Gasteiger partial charge is 0.507 e. The molecule has 0 amide bonds. The number of fused-ring (bicyclic) bond motifs is 1. The molecule has 0 radical (unpaired) electrons. The van der Waals surface area contributed by atoms with Gasteiger partial charge in [-0.15, -0.1) is 0 Å². The zero-order valence-electron chi connectivity index (χ0n) is 14.2. The summed E-state index contributed by atoms with van der Waals surface area (Å²) in [5.74, 6) is 2.80. The maximum atomic E-state index is 9.99. The Morgan fingerprint density at radius 2 is 1.88 bits per heavy atom. The second kappa shape index (κ2) is 5.10. The van der Waals surface area contributed by atoms with Crippen molar-refractivity contribution in [3.63, 3.8) is 0 Å². The van der Waals surface area contributed by atoms with Crippen LogP contribution in [0.5, 0.6) is 5.75 Å². The van der Waals surface area contributed by atoms with Crippen molar-refractivity contribution in [1.82, 2.24) is 0 Å². The van der Waals surface area contributed by atoms with E-state index in [1.165, 1.54) is 43.2 Å². The average molecular weight is 320 g/mol. The van der Waals surface area contributed by atoms with Crippen LogP contribution in [0.3, 0.4) is 0 Å². The molecule has 0 aliphatic heterocycles. The number of ether oxygens (including phenoxy) is 1. The zero-order chi connectivity index (χ0) is 16.3. The first-order valence-corrected chi connectivity index (χ1v) is 9.16. The Morgan fingerprint density at radius 1 is 1.08 bits per heavy atom. The molecule has 6 rings (SSSR count). The van der Waals surface area contributed by atoms with E-state index >= 15 is 0 Å². The molecule has 4 aliphatic rings. The minimum absolute atomic E-state index is 0.0114. The van der Waals surface area contributed by atoms with Gasteiger partial charge in [-0.05, 0) is 78.5 Å². The Bertz CT molecular complexity index is 821. The van der Waals surface area contributed by atoms with Crippen LogP contribution in [0.2, 0.25) is 0 Å². The van der Waals surface area contributed by atoms with Crippen LogP contribution in [0.1, 0.15) is 37.7 Å². The van der Waals surface area contributed by atoms with Gasteiger partial charge in [0, 0.05) is 12.5 Å². The van der Waals surface area contributed by atoms with Crippen molar-refractivity contribution in [3.8, 4) is 5.75 Å². The Kier molecular flexibility index (Phi) is 3.09. The molecule has 2 aromatic carbocycles. The molecule has 24 heavy (non-hydrogen) atoms. The molecule has 0 heterocycles. The summed E-state index contributed by atoms with van der Waals surface area (Å²) in [6.07, 6.45) is 8.91. The molecule has 0 aromatic heterocycles. The molecule has 4 saturated carbocycles. The van der Waals surface area contributed by atoms with E-state index in [0.717, 1.165) is 22.6 Å². The van der Waals surface area contributed by atoms with Gasteiger partial charge in [0.1, 0.15) is 5.75 Å². The summed E-state index contributed by atoms with van der Waals surface area (Å²) < 4.78 is 6.13. The lowest BCUT2D eigenvalue weighted by molar-refractivity contribution is -0.0997. The second-order valence-electron chi connectivity index (χ2n) is 8.10. The Hall–Kier alpha value is -1.80. The van der Waals surface area contributed by atoms with E-state index in [9.17, 15) is 5.11 Å². The number of rotatable bonds is 2. The number of hydrogen-bond acceptors (Lipinski definition) is 2. The minimum atomic E-state index is -0.0114. The van der Waals surface area contributed by atoms with Gasteiger partial charge in [-0.1, -0.05) is 30.3 Å². The van der Waals surface area contributed by atoms with Gasteiger partial charge in [-0.3, -0.25) is 0 Å². The topological polar surface area (TPSA) is 29.5 Å². The highest BCUT2D eigenvalue weighted by Crippen LogP contribution is 2.59. The third-order valence-corrected chi connectivity index (χ3v) is 6.70. The van der Waals surface area contributed by atoms with Crippen molar-refractivity contribution in [2.45, 2.75) is 37.7 Å². The number of methoxy groups -OCH3 is 1. The lowest BCUT2D eigenvalue weighted by Gasteiger charge is -2.57. The molecule has 1 N–H and O–H groups in total. The van der Waals surface area contributed by atoms with E-state index in [2.05, 4.69) is 24.3 Å². The van der Waals surface area contributed by atoms with Crippen LogP contribution in [-0.2, 0) is 4.74 Å². The van der Waals surface area contributed by atoms with Crippen molar-refractivity contribution in [3.05, 3.63) is 47.5 Å². The zero-order valence-corrected chi connectivity index (χ0v) is 14.2. The maximum Gasteiger partial charge on any atom is 0.123 e. The van der Waals surface area contributed by atoms with E-state index in [-0.39, 0.29) is 5.60 Å². The summed E-state index contributed by atoms with van der Waals surface area (Å²) in [4.78, 5) is 0. The third kappa shape index (κ3) is 2.05. The quantitative estimate of drug-likeness (QED) is 0.829. The number of benzene rings is 2. The number of phenolic OH excluding ortho intramolecular Hbond substituents is 1. The Balaban J connectivity index is 1.60. The molecular weight excluding hydrogens is 296 g/mol. The van der Waals surface area contributed by atoms with E-state index in [1.807, 2.05) is 19.2 Å². The molecule has 4 fully saturated rings. The summed E-state index contributed by atoms with van der Waals surface area (Å²) in [5, 5.41) is 12.0. The van der Waals surface area contributed by atoms with Crippen molar-refractivity contribution in [2.75, 3.05) is 7.11 Å². The normalized spacial score (nSPS) is 35.9. The number of hydrogen-bond donors (Lipinski definition) is 1. The highest BCUT2D eigenvalue weighted by atomic mass is 16.5. The molecule has 124 valence electrons. The van der Waals surface area contributed by atoms with E-state index in [0.29, 0.717) is 11.7 Å². The van der Waals surface area contributed by atoms with Crippen LogP contribution in [0.15, 0.2) is 42.0 Å². The van der Waals surface area contributed by atoms with Gasteiger partial charge >= 0.3 is 0 Å². The van der Waals surface area contributed by atoms with Gasteiger partial charge in [0.2, 0.25) is 0 Å². The van der Waals surface area contributed by atoms with Crippen LogP contribution >= 0.6 is 0 Å². The van der Waals surface area contributed by atoms with Crippen LogP contribution < -0.4 is 0 Å². The van der Waals surface area contributed by atoms with Crippen molar-refractivity contribution in [1.29, 1.82) is 0 Å². The van der Waals surface area contributed by atoms with Crippen molar-refractivity contribution >= 4 is 16.8 Å². The van der Waals surface area contributed by atoms with Crippen LogP contribution in [0.4, 0.5) is 0 Å². The van der Waals surface area contributed by atoms with Gasteiger partial charge in [-0.25, -0.2) is 0 Å². The first-order chi connectivity index (χ1) is 11.7. The lowest BCUT2D eigenvalue weighted by Crippen LogP contribution is -2.53. The van der Waals surface area contributed by atoms with Gasteiger partial charge in [0.15, 0.2) is 0 Å². The predicted octanol–water partition coefficient (Wildman–Crippen LogP) is 5.15. The van der Waals surface area contributed by atoms with Gasteiger partial charge in [0.25, 0.3) is 0 Å².